The van der Waals surface area contributed by atoms with Gasteiger partial charge in [0.1, 0.15) is 4.29 Å². The summed E-state index contributed by atoms with van der Waals surface area (Å²) in [7, 11) is -3.58. The first kappa shape index (κ1) is 10.8. The van der Waals surface area contributed by atoms with Gasteiger partial charge in [0.05, 0.1) is 0 Å². The second-order valence-corrected chi connectivity index (χ2v) is 1.81. The lowest BCUT2D eigenvalue weighted by atomic mass is 10.6. The van der Waals surface area contributed by atoms with Gasteiger partial charge in [-0.1, -0.05) is 0 Å². The van der Waals surface area contributed by atoms with Crippen LogP contribution in [0.2, 0.25) is 0 Å². The summed E-state index contributed by atoms with van der Waals surface area (Å²) < 4.78 is 76.7. The molecule has 0 aliphatic carbocycles. The molecule has 0 rings (SSSR count). The van der Waals surface area contributed by atoms with Gasteiger partial charge in [0, 0.05) is 0 Å². The molecule has 68 valence electrons. The van der Waals surface area contributed by atoms with Gasteiger partial charge in [-0.05, 0) is 0 Å². The molecule has 0 saturated carbocycles. The molecule has 0 bridgehead atoms. The first-order valence-corrected chi connectivity index (χ1v) is 2.79. The van der Waals surface area contributed by atoms with Crippen molar-refractivity contribution in [2.45, 2.75) is 12.3 Å². The molecular formula is C2ClF5O3. The topological polar surface area (TPSA) is 55.3 Å². The SMILES string of the molecule is [O-][Cl+2]([O-])OC(F)(F)C(F)(F)F. The fourth-order valence-electron chi connectivity index (χ4n) is 0.123. The van der Waals surface area contributed by atoms with Gasteiger partial charge in [-0.15, -0.1) is 0 Å². The zero-order chi connectivity index (χ0) is 9.28. The quantitative estimate of drug-likeness (QED) is 0.554. The van der Waals surface area contributed by atoms with E-state index in [9.17, 15) is 31.3 Å². The lowest BCUT2D eigenvalue weighted by Crippen LogP contribution is -2.47. The van der Waals surface area contributed by atoms with Crippen molar-refractivity contribution in [3.63, 3.8) is 0 Å². The fraction of sp³-hybridized carbons (Fsp3) is 1.00. The van der Waals surface area contributed by atoms with Crippen molar-refractivity contribution >= 4 is 0 Å². The van der Waals surface area contributed by atoms with Gasteiger partial charge in [-0.25, -0.2) is 0 Å². The lowest BCUT2D eigenvalue weighted by Gasteiger charge is -2.11. The molecule has 0 N–H and O–H groups in total. The summed E-state index contributed by atoms with van der Waals surface area (Å²) >= 11 is 0. The summed E-state index contributed by atoms with van der Waals surface area (Å²) in [5, 5.41) is 0. The van der Waals surface area contributed by atoms with Crippen LogP contribution in [0.25, 0.3) is 0 Å². The molecule has 0 aliphatic heterocycles. The summed E-state index contributed by atoms with van der Waals surface area (Å²) in [6.07, 6.45) is -11.7. The summed E-state index contributed by atoms with van der Waals surface area (Å²) in [6, 6.07) is 0. The Hall–Kier alpha value is -0.180. The number of hydrogen-bond acceptors (Lipinski definition) is 3. The van der Waals surface area contributed by atoms with Crippen LogP contribution >= 0.6 is 0 Å². The standard InChI is InChI=1S/C2ClF5O3/c4-1(5,6)2(7,8)11-3(9)10. The molecule has 0 saturated heterocycles. The maximum absolute atomic E-state index is 11.4. The Kier molecular flexibility index (Phi) is 3.00. The van der Waals surface area contributed by atoms with E-state index in [0.717, 1.165) is 0 Å². The number of halogens is 6. The molecule has 0 aromatic rings. The molecule has 0 fully saturated rings. The van der Waals surface area contributed by atoms with Gasteiger partial charge in [0.15, 0.2) is 0 Å². The van der Waals surface area contributed by atoms with Crippen LogP contribution in [-0.4, -0.2) is 12.3 Å². The molecule has 0 aromatic heterocycles. The highest BCUT2D eigenvalue weighted by Crippen LogP contribution is 2.36. The highest BCUT2D eigenvalue weighted by molar-refractivity contribution is 4.60. The van der Waals surface area contributed by atoms with Crippen LogP contribution in [0.3, 0.4) is 0 Å². The summed E-state index contributed by atoms with van der Waals surface area (Å²) in [4.78, 5) is 0. The minimum Gasteiger partial charge on any atom is -0.320 e. The molecule has 0 aliphatic rings. The van der Waals surface area contributed by atoms with Gasteiger partial charge in [0.25, 0.3) is 10.8 Å². The Bertz CT molecular complexity index is 132. The number of hydrogen-bond donors (Lipinski definition) is 0. The Morgan fingerprint density at radius 2 is 1.36 bits per heavy atom. The maximum Gasteiger partial charge on any atom is 0.554 e. The van der Waals surface area contributed by atoms with E-state index in [4.69, 9.17) is 0 Å². The Labute approximate surface area is 59.8 Å². The molecule has 0 spiro atoms. The normalized spacial score (nSPS) is 14.2. The smallest absolute Gasteiger partial charge is 0.320 e. The van der Waals surface area contributed by atoms with Crippen LogP contribution in [0, 0.1) is 10.8 Å². The third kappa shape index (κ3) is 3.14. The average molecular weight is 202 g/mol. The molecule has 0 aromatic carbocycles. The van der Waals surface area contributed by atoms with E-state index in [-0.39, 0.29) is 0 Å². The van der Waals surface area contributed by atoms with Gasteiger partial charge < -0.3 is 9.32 Å². The van der Waals surface area contributed by atoms with Crippen LogP contribution in [0.5, 0.6) is 0 Å². The second-order valence-electron chi connectivity index (χ2n) is 1.28. The monoisotopic (exact) mass is 202 g/mol. The predicted octanol–water partition coefficient (Wildman–Crippen LogP) is -0.756. The predicted molar refractivity (Wildman–Crippen MR) is 12.1 cm³/mol. The van der Waals surface area contributed by atoms with Gasteiger partial charge in [-0.3, -0.25) is 0 Å². The molecule has 0 heterocycles. The molecule has 0 amide bonds. The minimum absolute atomic E-state index is 2.22. The van der Waals surface area contributed by atoms with E-state index in [0.29, 0.717) is 0 Å². The first-order chi connectivity index (χ1) is 4.67. The van der Waals surface area contributed by atoms with Crippen molar-refractivity contribution < 1.29 is 46.3 Å². The van der Waals surface area contributed by atoms with E-state index in [1.807, 2.05) is 0 Å². The zero-order valence-electron chi connectivity index (χ0n) is 4.49. The summed E-state index contributed by atoms with van der Waals surface area (Å²) in [5.41, 5.74) is 0. The van der Waals surface area contributed by atoms with E-state index in [1.54, 1.807) is 0 Å². The summed E-state index contributed by atoms with van der Waals surface area (Å²) in [6.45, 7) is 0. The molecule has 0 unspecified atom stereocenters. The Morgan fingerprint density at radius 3 is 1.45 bits per heavy atom. The van der Waals surface area contributed by atoms with Gasteiger partial charge in [0.2, 0.25) is 0 Å². The Morgan fingerprint density at radius 1 is 1.00 bits per heavy atom. The molecule has 3 nitrogen and oxygen atoms in total. The van der Waals surface area contributed by atoms with Crippen molar-refractivity contribution in [1.82, 2.24) is 0 Å². The van der Waals surface area contributed by atoms with E-state index >= 15 is 0 Å². The van der Waals surface area contributed by atoms with Crippen LogP contribution < -0.4 is 9.32 Å². The molecule has 9 heteroatoms. The van der Waals surface area contributed by atoms with Crippen LogP contribution in [-0.2, 0) is 4.29 Å². The first-order valence-electron chi connectivity index (χ1n) is 1.86. The zero-order valence-corrected chi connectivity index (χ0v) is 5.25. The van der Waals surface area contributed by atoms with Crippen LogP contribution in [0.4, 0.5) is 22.0 Å². The maximum atomic E-state index is 11.4. The fourth-order valence-corrected chi connectivity index (χ4v) is 0.369. The van der Waals surface area contributed by atoms with E-state index < -0.39 is 23.1 Å². The highest BCUT2D eigenvalue weighted by Gasteiger charge is 2.67. The number of alkyl halides is 5. The third-order valence-corrected chi connectivity index (χ3v) is 0.810. The van der Waals surface area contributed by atoms with Crippen molar-refractivity contribution in [3.8, 4) is 0 Å². The largest absolute Gasteiger partial charge is 0.554 e. The number of rotatable bonds is 2. The summed E-state index contributed by atoms with van der Waals surface area (Å²) in [5.74, 6) is 0. The van der Waals surface area contributed by atoms with E-state index in [2.05, 4.69) is 4.29 Å². The van der Waals surface area contributed by atoms with Gasteiger partial charge in [-0.2, -0.15) is 22.0 Å². The van der Waals surface area contributed by atoms with Crippen molar-refractivity contribution in [2.75, 3.05) is 0 Å². The average Bonchev–Trinajstić information content (AvgIpc) is 1.56. The van der Waals surface area contributed by atoms with Gasteiger partial charge >= 0.3 is 12.3 Å². The van der Waals surface area contributed by atoms with Crippen molar-refractivity contribution in [1.29, 1.82) is 0 Å². The lowest BCUT2D eigenvalue weighted by molar-refractivity contribution is -1.63. The van der Waals surface area contributed by atoms with Crippen LogP contribution in [0.1, 0.15) is 0 Å². The van der Waals surface area contributed by atoms with Crippen molar-refractivity contribution in [3.05, 3.63) is 0 Å². The molecule has 0 radical (unpaired) electrons. The third-order valence-electron chi connectivity index (χ3n) is 0.490. The molecule has 11 heavy (non-hydrogen) atoms. The Balaban J connectivity index is 4.22. The molecular weight excluding hydrogens is 202 g/mol. The van der Waals surface area contributed by atoms with Crippen molar-refractivity contribution in [2.24, 2.45) is 0 Å². The highest BCUT2D eigenvalue weighted by atomic mass is 35.6. The van der Waals surface area contributed by atoms with Crippen LogP contribution in [0.15, 0.2) is 0 Å². The second kappa shape index (κ2) is 3.05. The molecule has 0 atom stereocenters. The van der Waals surface area contributed by atoms with E-state index in [1.165, 1.54) is 0 Å². The minimum atomic E-state index is -6.03.